The molecule has 1 aromatic rings. The smallest absolute Gasteiger partial charge is 0.223 e. The van der Waals surface area contributed by atoms with Crippen LogP contribution in [0.3, 0.4) is 0 Å². The number of carbonyl (C=O) groups is 1. The Morgan fingerprint density at radius 3 is 2.86 bits per heavy atom. The van der Waals surface area contributed by atoms with Crippen molar-refractivity contribution in [1.82, 2.24) is 5.32 Å². The van der Waals surface area contributed by atoms with Crippen molar-refractivity contribution >= 4 is 18.3 Å². The molecule has 0 heterocycles. The summed E-state index contributed by atoms with van der Waals surface area (Å²) >= 11 is 0. The molecule has 124 valence electrons. The maximum absolute atomic E-state index is 12.2. The van der Waals surface area contributed by atoms with Gasteiger partial charge in [0.05, 0.1) is 7.11 Å². The fourth-order valence-corrected chi connectivity index (χ4v) is 3.22. The summed E-state index contributed by atoms with van der Waals surface area (Å²) in [6, 6.07) is 6.13. The van der Waals surface area contributed by atoms with Crippen molar-refractivity contribution in [3.05, 3.63) is 29.3 Å². The largest absolute Gasteiger partial charge is 0.496 e. The van der Waals surface area contributed by atoms with E-state index in [0.29, 0.717) is 19.0 Å². The molecule has 0 saturated heterocycles. The Bertz CT molecular complexity index is 494. The van der Waals surface area contributed by atoms with Crippen LogP contribution in [-0.4, -0.2) is 26.1 Å². The number of hydrogen-bond acceptors (Lipinski definition) is 3. The maximum Gasteiger partial charge on any atom is 0.223 e. The number of ether oxygens (including phenoxy) is 1. The van der Waals surface area contributed by atoms with Crippen LogP contribution in [-0.2, 0) is 11.2 Å². The van der Waals surface area contributed by atoms with E-state index < -0.39 is 0 Å². The van der Waals surface area contributed by atoms with Gasteiger partial charge >= 0.3 is 0 Å². The van der Waals surface area contributed by atoms with Gasteiger partial charge in [-0.05, 0) is 50.3 Å². The van der Waals surface area contributed by atoms with Gasteiger partial charge in [-0.15, -0.1) is 12.4 Å². The molecule has 0 aliphatic heterocycles. The molecule has 2 atom stereocenters. The lowest BCUT2D eigenvalue weighted by molar-refractivity contribution is -0.125. The summed E-state index contributed by atoms with van der Waals surface area (Å²) in [5, 5.41) is 3.06. The molecule has 0 aromatic heterocycles. The van der Waals surface area contributed by atoms with Crippen LogP contribution in [0.15, 0.2) is 18.2 Å². The van der Waals surface area contributed by atoms with Crippen molar-refractivity contribution in [3.63, 3.8) is 0 Å². The first-order valence-electron chi connectivity index (χ1n) is 7.77. The molecule has 0 unspecified atom stereocenters. The molecule has 1 fully saturated rings. The Morgan fingerprint density at radius 1 is 1.41 bits per heavy atom. The van der Waals surface area contributed by atoms with Gasteiger partial charge in [-0.25, -0.2) is 0 Å². The summed E-state index contributed by atoms with van der Waals surface area (Å²) in [5.41, 5.74) is 8.08. The molecule has 1 aliphatic rings. The predicted molar refractivity (Wildman–Crippen MR) is 91.6 cm³/mol. The average molecular weight is 327 g/mol. The summed E-state index contributed by atoms with van der Waals surface area (Å²) in [5.74, 6) is 1.51. The van der Waals surface area contributed by atoms with Crippen LogP contribution in [0.2, 0.25) is 0 Å². The summed E-state index contributed by atoms with van der Waals surface area (Å²) in [6.45, 7) is 3.32. The second kappa shape index (κ2) is 9.01. The lowest BCUT2D eigenvalue weighted by atomic mass is 9.95. The first kappa shape index (κ1) is 18.8. The molecular formula is C17H27ClN2O2. The van der Waals surface area contributed by atoms with Gasteiger partial charge < -0.3 is 15.8 Å². The van der Waals surface area contributed by atoms with Gasteiger partial charge in [-0.2, -0.15) is 0 Å². The Morgan fingerprint density at radius 2 is 2.18 bits per heavy atom. The molecular weight excluding hydrogens is 300 g/mol. The highest BCUT2D eigenvalue weighted by atomic mass is 35.5. The Balaban J connectivity index is 0.00000242. The average Bonchev–Trinajstić information content (AvgIpc) is 2.96. The molecule has 1 saturated carbocycles. The van der Waals surface area contributed by atoms with E-state index in [-0.39, 0.29) is 24.2 Å². The minimum Gasteiger partial charge on any atom is -0.496 e. The molecule has 1 aliphatic carbocycles. The van der Waals surface area contributed by atoms with Gasteiger partial charge in [0, 0.05) is 12.5 Å². The van der Waals surface area contributed by atoms with E-state index in [0.717, 1.165) is 37.0 Å². The molecule has 4 nitrogen and oxygen atoms in total. The van der Waals surface area contributed by atoms with E-state index in [1.54, 1.807) is 7.11 Å². The summed E-state index contributed by atoms with van der Waals surface area (Å²) in [7, 11) is 1.68. The molecule has 0 spiro atoms. The number of carbonyl (C=O) groups excluding carboxylic acids is 1. The number of aryl methyl sites for hydroxylation is 1. The zero-order chi connectivity index (χ0) is 15.2. The second-order valence-electron chi connectivity index (χ2n) is 5.89. The van der Waals surface area contributed by atoms with E-state index in [2.05, 4.69) is 18.3 Å². The third-order valence-electron chi connectivity index (χ3n) is 4.43. The molecule has 3 N–H and O–H groups in total. The van der Waals surface area contributed by atoms with Crippen molar-refractivity contribution in [1.29, 1.82) is 0 Å². The van der Waals surface area contributed by atoms with Crippen LogP contribution in [0.4, 0.5) is 0 Å². The Kier molecular flexibility index (Phi) is 7.69. The first-order valence-corrected chi connectivity index (χ1v) is 7.77. The molecule has 5 heteroatoms. The highest BCUT2D eigenvalue weighted by Gasteiger charge is 2.31. The minimum absolute atomic E-state index is 0. The zero-order valence-electron chi connectivity index (χ0n) is 13.4. The highest BCUT2D eigenvalue weighted by Crippen LogP contribution is 2.30. The Hall–Kier alpha value is -1.26. The standard InChI is InChI=1S/C17H26N2O2.ClH/c1-12-6-7-16(21-2)13(10-12)8-9-19-17(20)15-5-3-4-14(15)11-18;/h6-7,10,14-15H,3-5,8-9,11,18H2,1-2H3,(H,19,20);1H/t14-,15-;/m1./s1. The number of methoxy groups -OCH3 is 1. The highest BCUT2D eigenvalue weighted by molar-refractivity contribution is 5.85. The van der Waals surface area contributed by atoms with Crippen molar-refractivity contribution in [2.24, 2.45) is 17.6 Å². The summed E-state index contributed by atoms with van der Waals surface area (Å²) < 4.78 is 5.36. The van der Waals surface area contributed by atoms with Gasteiger partial charge in [-0.3, -0.25) is 4.79 Å². The predicted octanol–water partition coefficient (Wildman–Crippen LogP) is 2.46. The third-order valence-corrected chi connectivity index (χ3v) is 4.43. The summed E-state index contributed by atoms with van der Waals surface area (Å²) in [6.07, 6.45) is 3.96. The molecule has 0 radical (unpaired) electrons. The molecule has 1 amide bonds. The number of rotatable bonds is 6. The number of benzene rings is 1. The van der Waals surface area contributed by atoms with Gasteiger partial charge in [0.1, 0.15) is 5.75 Å². The van der Waals surface area contributed by atoms with E-state index in [9.17, 15) is 4.79 Å². The van der Waals surface area contributed by atoms with Gasteiger partial charge in [0.25, 0.3) is 0 Å². The first-order chi connectivity index (χ1) is 10.2. The lowest BCUT2D eigenvalue weighted by Gasteiger charge is -2.17. The van der Waals surface area contributed by atoms with Crippen molar-refractivity contribution in [2.75, 3.05) is 20.2 Å². The zero-order valence-corrected chi connectivity index (χ0v) is 14.2. The normalized spacial score (nSPS) is 20.3. The fourth-order valence-electron chi connectivity index (χ4n) is 3.22. The van der Waals surface area contributed by atoms with E-state index in [4.69, 9.17) is 10.5 Å². The van der Waals surface area contributed by atoms with E-state index in [1.807, 2.05) is 12.1 Å². The van der Waals surface area contributed by atoms with Crippen LogP contribution < -0.4 is 15.8 Å². The van der Waals surface area contributed by atoms with Crippen molar-refractivity contribution < 1.29 is 9.53 Å². The molecule has 0 bridgehead atoms. The van der Waals surface area contributed by atoms with Crippen LogP contribution in [0.25, 0.3) is 0 Å². The maximum atomic E-state index is 12.2. The Labute approximate surface area is 139 Å². The van der Waals surface area contributed by atoms with Crippen LogP contribution in [0.5, 0.6) is 5.75 Å². The number of halogens is 1. The number of amides is 1. The van der Waals surface area contributed by atoms with Gasteiger partial charge in [0.2, 0.25) is 5.91 Å². The quantitative estimate of drug-likeness (QED) is 0.844. The topological polar surface area (TPSA) is 64.3 Å². The van der Waals surface area contributed by atoms with E-state index in [1.165, 1.54) is 5.56 Å². The second-order valence-corrected chi connectivity index (χ2v) is 5.89. The molecule has 22 heavy (non-hydrogen) atoms. The third kappa shape index (κ3) is 4.62. The number of nitrogens with two attached hydrogens (primary N) is 1. The minimum atomic E-state index is 0. The summed E-state index contributed by atoms with van der Waals surface area (Å²) in [4.78, 5) is 12.2. The monoisotopic (exact) mass is 326 g/mol. The van der Waals surface area contributed by atoms with Crippen molar-refractivity contribution in [2.45, 2.75) is 32.6 Å². The van der Waals surface area contributed by atoms with Crippen LogP contribution >= 0.6 is 12.4 Å². The molecule has 2 rings (SSSR count). The molecule has 1 aromatic carbocycles. The van der Waals surface area contributed by atoms with Crippen molar-refractivity contribution in [3.8, 4) is 5.75 Å². The number of nitrogens with one attached hydrogen (secondary N) is 1. The SMILES string of the molecule is COc1ccc(C)cc1CCNC(=O)[C@@H]1CCC[C@@H]1CN.Cl. The van der Waals surface area contributed by atoms with Gasteiger partial charge in [-0.1, -0.05) is 24.1 Å². The fraction of sp³-hybridized carbons (Fsp3) is 0.588. The number of hydrogen-bond donors (Lipinski definition) is 2. The van der Waals surface area contributed by atoms with E-state index >= 15 is 0 Å². The van der Waals surface area contributed by atoms with Crippen LogP contribution in [0.1, 0.15) is 30.4 Å². The van der Waals surface area contributed by atoms with Gasteiger partial charge in [0.15, 0.2) is 0 Å². The van der Waals surface area contributed by atoms with Crippen LogP contribution in [0, 0.1) is 18.8 Å². The lowest BCUT2D eigenvalue weighted by Crippen LogP contribution is -2.36.